The van der Waals surface area contributed by atoms with Gasteiger partial charge in [0.25, 0.3) is 0 Å². The smallest absolute Gasteiger partial charge is 0.166 e. The summed E-state index contributed by atoms with van der Waals surface area (Å²) >= 11 is 6.78. The quantitative estimate of drug-likeness (QED) is 0.675. The molecule has 134 valence electrons. The third-order valence-electron chi connectivity index (χ3n) is 5.92. The van der Waals surface area contributed by atoms with Gasteiger partial charge < -0.3 is 0 Å². The molecule has 3 rings (SSSR count). The van der Waals surface area contributed by atoms with Crippen LogP contribution in [-0.2, 0) is 22.4 Å². The number of benzene rings is 1. The zero-order valence-electron chi connectivity index (χ0n) is 15.9. The van der Waals surface area contributed by atoms with Gasteiger partial charge >= 0.3 is 0 Å². The van der Waals surface area contributed by atoms with Crippen LogP contribution in [0, 0.1) is 19.3 Å². The Morgan fingerprint density at radius 2 is 1.80 bits per heavy atom. The Hall–Kier alpha value is -1.41. The molecule has 0 radical (unpaired) electrons. The van der Waals surface area contributed by atoms with Gasteiger partial charge in [-0.25, -0.2) is 0 Å². The number of allylic oxidation sites excluding steroid dienone is 2. The third kappa shape index (κ3) is 3.10. The van der Waals surface area contributed by atoms with Crippen molar-refractivity contribution in [3.05, 3.63) is 44.5 Å². The van der Waals surface area contributed by atoms with Crippen LogP contribution >= 0.6 is 11.6 Å². The molecule has 2 nitrogen and oxygen atoms in total. The lowest BCUT2D eigenvalue weighted by molar-refractivity contribution is -0.121. The van der Waals surface area contributed by atoms with Crippen LogP contribution in [0.2, 0.25) is 5.02 Å². The molecular formula is C22H27ClO2. The standard InChI is InChI=1S/C22H27ClO2/c1-6-18(24)15-8-7-14(9-19(15)25)20-12(2)16-10-22(4,5)11-17(16)13(3)21(20)23/h8,14H,6-7,9-11H2,1-5H3. The van der Waals surface area contributed by atoms with Crippen LogP contribution in [0.1, 0.15) is 73.8 Å². The second-order valence-corrected chi connectivity index (χ2v) is 8.78. The average Bonchev–Trinajstić information content (AvgIpc) is 2.88. The van der Waals surface area contributed by atoms with E-state index in [9.17, 15) is 9.59 Å². The van der Waals surface area contributed by atoms with Gasteiger partial charge in [0.05, 0.1) is 5.57 Å². The Kier molecular flexibility index (Phi) is 4.70. The van der Waals surface area contributed by atoms with Crippen LogP contribution in [0.5, 0.6) is 0 Å². The van der Waals surface area contributed by atoms with E-state index in [-0.39, 0.29) is 22.9 Å². The van der Waals surface area contributed by atoms with Crippen molar-refractivity contribution in [2.24, 2.45) is 5.41 Å². The summed E-state index contributed by atoms with van der Waals surface area (Å²) in [7, 11) is 0. The molecule has 3 heteroatoms. The molecule has 0 aliphatic heterocycles. The van der Waals surface area contributed by atoms with E-state index in [0.29, 0.717) is 18.4 Å². The maximum absolute atomic E-state index is 12.5. The molecule has 0 amide bonds. The Bertz CT molecular complexity index is 799. The molecule has 0 fully saturated rings. The van der Waals surface area contributed by atoms with Crippen LogP contribution in [0.25, 0.3) is 0 Å². The summed E-state index contributed by atoms with van der Waals surface area (Å²) in [6, 6.07) is 0. The minimum absolute atomic E-state index is 0.0305. The highest BCUT2D eigenvalue weighted by atomic mass is 35.5. The summed E-state index contributed by atoms with van der Waals surface area (Å²) in [5, 5.41) is 0.824. The highest BCUT2D eigenvalue weighted by Gasteiger charge is 2.35. The molecule has 1 aromatic carbocycles. The van der Waals surface area contributed by atoms with Gasteiger partial charge in [0.1, 0.15) is 0 Å². The van der Waals surface area contributed by atoms with E-state index < -0.39 is 0 Å². The van der Waals surface area contributed by atoms with Crippen molar-refractivity contribution in [1.82, 2.24) is 0 Å². The topological polar surface area (TPSA) is 34.1 Å². The summed E-state index contributed by atoms with van der Waals surface area (Å²) in [5.74, 6) is 0.0105. The fourth-order valence-electron chi connectivity index (χ4n) is 4.57. The minimum Gasteiger partial charge on any atom is -0.294 e. The molecule has 0 aromatic heterocycles. The van der Waals surface area contributed by atoms with Crippen molar-refractivity contribution in [1.29, 1.82) is 0 Å². The van der Waals surface area contributed by atoms with E-state index in [1.54, 1.807) is 6.92 Å². The van der Waals surface area contributed by atoms with Crippen molar-refractivity contribution in [2.75, 3.05) is 0 Å². The van der Waals surface area contributed by atoms with E-state index in [0.717, 1.165) is 29.8 Å². The number of rotatable bonds is 3. The van der Waals surface area contributed by atoms with Crippen molar-refractivity contribution >= 4 is 23.2 Å². The van der Waals surface area contributed by atoms with E-state index in [2.05, 4.69) is 27.7 Å². The second kappa shape index (κ2) is 6.39. The number of carbonyl (C=O) groups excluding carboxylic acids is 2. The molecule has 2 aliphatic carbocycles. The zero-order chi connectivity index (χ0) is 18.5. The van der Waals surface area contributed by atoms with Gasteiger partial charge in [-0.2, -0.15) is 0 Å². The Labute approximate surface area is 155 Å². The molecule has 0 saturated carbocycles. The molecule has 25 heavy (non-hydrogen) atoms. The number of carbonyl (C=O) groups is 2. The van der Waals surface area contributed by atoms with Gasteiger partial charge in [0.15, 0.2) is 11.6 Å². The van der Waals surface area contributed by atoms with Gasteiger partial charge in [-0.1, -0.05) is 38.4 Å². The van der Waals surface area contributed by atoms with Gasteiger partial charge in [0.2, 0.25) is 0 Å². The largest absolute Gasteiger partial charge is 0.294 e. The number of ketones is 2. The molecule has 0 spiro atoms. The van der Waals surface area contributed by atoms with Crippen LogP contribution in [0.4, 0.5) is 0 Å². The number of hydrogen-bond donors (Lipinski definition) is 0. The lowest BCUT2D eigenvalue weighted by Gasteiger charge is -2.26. The minimum atomic E-state index is -0.0434. The van der Waals surface area contributed by atoms with Gasteiger partial charge in [-0.15, -0.1) is 0 Å². The SMILES string of the molecule is CCC(=O)C1=CCC(c2c(C)c3c(c(C)c2Cl)CC(C)(C)C3)CC1=O. The first-order valence-corrected chi connectivity index (χ1v) is 9.61. The molecular weight excluding hydrogens is 332 g/mol. The average molecular weight is 359 g/mol. The third-order valence-corrected chi connectivity index (χ3v) is 6.41. The van der Waals surface area contributed by atoms with Crippen molar-refractivity contribution < 1.29 is 9.59 Å². The first-order valence-electron chi connectivity index (χ1n) is 9.23. The highest BCUT2D eigenvalue weighted by Crippen LogP contribution is 2.47. The maximum atomic E-state index is 12.5. The fraction of sp³-hybridized carbons (Fsp3) is 0.545. The molecule has 0 N–H and O–H groups in total. The van der Waals surface area contributed by atoms with E-state index >= 15 is 0 Å². The molecule has 0 heterocycles. The summed E-state index contributed by atoms with van der Waals surface area (Å²) in [5.41, 5.74) is 7.05. The highest BCUT2D eigenvalue weighted by molar-refractivity contribution is 6.32. The molecule has 1 aromatic rings. The molecule has 0 saturated heterocycles. The zero-order valence-corrected chi connectivity index (χ0v) is 16.6. The number of hydrogen-bond acceptors (Lipinski definition) is 2. The predicted molar refractivity (Wildman–Crippen MR) is 102 cm³/mol. The summed E-state index contributed by atoms with van der Waals surface area (Å²) < 4.78 is 0. The normalized spacial score (nSPS) is 21.9. The van der Waals surface area contributed by atoms with Crippen LogP contribution in [0.3, 0.4) is 0 Å². The van der Waals surface area contributed by atoms with Crippen LogP contribution in [0.15, 0.2) is 11.6 Å². The lowest BCUT2D eigenvalue weighted by atomic mass is 9.78. The Morgan fingerprint density at radius 1 is 1.20 bits per heavy atom. The lowest BCUT2D eigenvalue weighted by Crippen LogP contribution is -2.21. The molecule has 2 aliphatic rings. The first kappa shape index (κ1) is 18.4. The number of halogens is 1. The van der Waals surface area contributed by atoms with Crippen molar-refractivity contribution in [3.63, 3.8) is 0 Å². The predicted octanol–water partition coefficient (Wildman–Crippen LogP) is 5.43. The number of Topliss-reactive ketones (excluding diaryl/α,β-unsaturated/α-hetero) is 2. The summed E-state index contributed by atoms with van der Waals surface area (Å²) in [6.07, 6.45) is 5.46. The van der Waals surface area contributed by atoms with Crippen LogP contribution in [-0.4, -0.2) is 11.6 Å². The summed E-state index contributed by atoms with van der Waals surface area (Å²) in [6.45, 7) is 10.7. The Morgan fingerprint density at radius 3 is 2.36 bits per heavy atom. The molecule has 1 atom stereocenters. The number of fused-ring (bicyclic) bond motifs is 1. The fourth-order valence-corrected chi connectivity index (χ4v) is 4.98. The van der Waals surface area contributed by atoms with Gasteiger partial charge in [-0.3, -0.25) is 9.59 Å². The van der Waals surface area contributed by atoms with Crippen LogP contribution < -0.4 is 0 Å². The molecule has 1 unspecified atom stereocenters. The van der Waals surface area contributed by atoms with E-state index in [1.165, 1.54) is 22.3 Å². The monoisotopic (exact) mass is 358 g/mol. The van der Waals surface area contributed by atoms with E-state index in [4.69, 9.17) is 11.6 Å². The molecule has 0 bridgehead atoms. The Balaban J connectivity index is 2.03. The maximum Gasteiger partial charge on any atom is 0.166 e. The van der Waals surface area contributed by atoms with E-state index in [1.807, 2.05) is 6.08 Å². The van der Waals surface area contributed by atoms with Gasteiger partial charge in [0, 0.05) is 17.9 Å². The van der Waals surface area contributed by atoms with Gasteiger partial charge in [-0.05, 0) is 72.3 Å². The first-order chi connectivity index (χ1) is 11.7. The second-order valence-electron chi connectivity index (χ2n) is 8.41. The van der Waals surface area contributed by atoms with Crippen molar-refractivity contribution in [2.45, 2.75) is 72.6 Å². The summed E-state index contributed by atoms with van der Waals surface area (Å²) in [4.78, 5) is 24.4. The van der Waals surface area contributed by atoms with Crippen molar-refractivity contribution in [3.8, 4) is 0 Å².